The number of rotatable bonds is 3. The molecule has 4 heteroatoms. The molecule has 0 saturated heterocycles. The Kier molecular flexibility index (Phi) is 3.30. The van der Waals surface area contributed by atoms with Crippen molar-refractivity contribution < 1.29 is 9.59 Å². The van der Waals surface area contributed by atoms with E-state index in [-0.39, 0.29) is 11.8 Å². The fraction of sp³-hybridized carbons (Fsp3) is 0.286. The van der Waals surface area contributed by atoms with Gasteiger partial charge in [0.05, 0.1) is 6.54 Å². The van der Waals surface area contributed by atoms with E-state index in [1.165, 1.54) is 4.90 Å². The summed E-state index contributed by atoms with van der Waals surface area (Å²) < 4.78 is 0. The van der Waals surface area contributed by atoms with Gasteiger partial charge in [0.2, 0.25) is 0 Å². The van der Waals surface area contributed by atoms with Crippen LogP contribution in [0.1, 0.15) is 25.0 Å². The molecule has 0 radical (unpaired) electrons. The number of carbonyl (C=O) groups excluding carboxylic acids is 2. The second kappa shape index (κ2) is 4.74. The van der Waals surface area contributed by atoms with Crippen molar-refractivity contribution in [2.45, 2.75) is 26.9 Å². The average Bonchev–Trinajstić information content (AvgIpc) is 2.57. The minimum absolute atomic E-state index is 0.194. The van der Waals surface area contributed by atoms with E-state index in [9.17, 15) is 9.59 Å². The Morgan fingerprint density at radius 2 is 1.39 bits per heavy atom. The molecule has 0 atom stereocenters. The van der Waals surface area contributed by atoms with E-state index in [0.717, 1.165) is 11.1 Å². The highest BCUT2D eigenvalue weighted by molar-refractivity contribution is 6.18. The first-order chi connectivity index (χ1) is 8.54. The van der Waals surface area contributed by atoms with Crippen molar-refractivity contribution in [3.63, 3.8) is 0 Å². The van der Waals surface area contributed by atoms with Crippen molar-refractivity contribution in [2.75, 3.05) is 0 Å². The summed E-state index contributed by atoms with van der Waals surface area (Å²) in [5.41, 5.74) is 8.56. The molecule has 2 amide bonds. The number of amides is 2. The summed E-state index contributed by atoms with van der Waals surface area (Å²) in [5.74, 6) is -0.388. The molecule has 0 spiro atoms. The molecule has 0 unspecified atom stereocenters. The lowest BCUT2D eigenvalue weighted by Gasteiger charge is -2.15. The number of carbonyl (C=O) groups is 2. The number of hydrogen-bond acceptors (Lipinski definition) is 3. The second-order valence-corrected chi connectivity index (χ2v) is 4.47. The zero-order chi connectivity index (χ0) is 13.3. The Bertz CT molecular complexity index is 505. The van der Waals surface area contributed by atoms with E-state index in [4.69, 9.17) is 5.73 Å². The summed E-state index contributed by atoms with van der Waals surface area (Å²) in [6, 6.07) is 7.61. The minimum atomic E-state index is -0.194. The zero-order valence-corrected chi connectivity index (χ0v) is 10.6. The Morgan fingerprint density at radius 1 is 0.944 bits per heavy atom. The summed E-state index contributed by atoms with van der Waals surface area (Å²) in [5, 5.41) is 0. The Hall–Kier alpha value is -1.94. The molecule has 0 fully saturated rings. The Balaban J connectivity index is 2.16. The van der Waals surface area contributed by atoms with Crippen molar-refractivity contribution in [3.8, 4) is 0 Å². The molecule has 0 saturated carbocycles. The summed E-state index contributed by atoms with van der Waals surface area (Å²) in [6.07, 6.45) is 0. The van der Waals surface area contributed by atoms with Gasteiger partial charge in [0.15, 0.2) is 0 Å². The highest BCUT2D eigenvalue weighted by Crippen LogP contribution is 2.21. The molecule has 0 bridgehead atoms. The van der Waals surface area contributed by atoms with Crippen molar-refractivity contribution in [2.24, 2.45) is 5.73 Å². The van der Waals surface area contributed by atoms with Crippen molar-refractivity contribution >= 4 is 11.8 Å². The SMILES string of the molecule is CC1=C(C)C(=O)N(Cc2ccc(CN)cc2)C1=O. The first-order valence-electron chi connectivity index (χ1n) is 5.86. The van der Waals surface area contributed by atoms with E-state index in [1.807, 2.05) is 24.3 Å². The minimum Gasteiger partial charge on any atom is -0.326 e. The van der Waals surface area contributed by atoms with Gasteiger partial charge in [0, 0.05) is 17.7 Å². The summed E-state index contributed by atoms with van der Waals surface area (Å²) in [4.78, 5) is 25.0. The van der Waals surface area contributed by atoms with E-state index in [2.05, 4.69) is 0 Å². The maximum atomic E-state index is 11.9. The molecule has 2 rings (SSSR count). The number of imide groups is 1. The smallest absolute Gasteiger partial charge is 0.257 e. The van der Waals surface area contributed by atoms with Gasteiger partial charge in [-0.05, 0) is 25.0 Å². The van der Waals surface area contributed by atoms with Gasteiger partial charge in [-0.1, -0.05) is 24.3 Å². The monoisotopic (exact) mass is 244 g/mol. The molecule has 1 heterocycles. The standard InChI is InChI=1S/C14H16N2O2/c1-9-10(2)14(18)16(13(9)17)8-12-5-3-11(7-15)4-6-12/h3-6H,7-8,15H2,1-2H3. The molecular weight excluding hydrogens is 228 g/mol. The molecule has 0 aliphatic carbocycles. The number of benzene rings is 1. The van der Waals surface area contributed by atoms with Crippen LogP contribution in [0, 0.1) is 0 Å². The molecule has 1 aromatic rings. The summed E-state index contributed by atoms with van der Waals surface area (Å²) in [6.45, 7) is 4.18. The van der Waals surface area contributed by atoms with Crippen LogP contribution in [0.2, 0.25) is 0 Å². The van der Waals surface area contributed by atoms with Gasteiger partial charge in [0.25, 0.3) is 11.8 Å². The lowest BCUT2D eigenvalue weighted by atomic mass is 10.1. The van der Waals surface area contributed by atoms with Crippen LogP contribution in [0.25, 0.3) is 0 Å². The van der Waals surface area contributed by atoms with Crippen LogP contribution < -0.4 is 5.73 Å². The molecule has 1 aliphatic heterocycles. The van der Waals surface area contributed by atoms with Gasteiger partial charge in [-0.3, -0.25) is 14.5 Å². The largest absolute Gasteiger partial charge is 0.326 e. The van der Waals surface area contributed by atoms with E-state index in [1.54, 1.807) is 13.8 Å². The highest BCUT2D eigenvalue weighted by atomic mass is 16.2. The van der Waals surface area contributed by atoms with Crippen molar-refractivity contribution in [1.82, 2.24) is 4.90 Å². The van der Waals surface area contributed by atoms with E-state index in [0.29, 0.717) is 24.2 Å². The van der Waals surface area contributed by atoms with Crippen LogP contribution in [0.3, 0.4) is 0 Å². The van der Waals surface area contributed by atoms with Crippen LogP contribution in [0.15, 0.2) is 35.4 Å². The van der Waals surface area contributed by atoms with Crippen LogP contribution in [0.5, 0.6) is 0 Å². The quantitative estimate of drug-likeness (QED) is 0.816. The van der Waals surface area contributed by atoms with Gasteiger partial charge < -0.3 is 5.73 Å². The second-order valence-electron chi connectivity index (χ2n) is 4.47. The third-order valence-electron chi connectivity index (χ3n) is 3.29. The lowest BCUT2D eigenvalue weighted by Crippen LogP contribution is -2.30. The van der Waals surface area contributed by atoms with E-state index >= 15 is 0 Å². The number of hydrogen-bond donors (Lipinski definition) is 1. The molecule has 18 heavy (non-hydrogen) atoms. The summed E-state index contributed by atoms with van der Waals surface area (Å²) in [7, 11) is 0. The maximum Gasteiger partial charge on any atom is 0.257 e. The van der Waals surface area contributed by atoms with Crippen LogP contribution in [-0.4, -0.2) is 16.7 Å². The fourth-order valence-electron chi connectivity index (χ4n) is 1.92. The third kappa shape index (κ3) is 2.07. The van der Waals surface area contributed by atoms with Crippen LogP contribution >= 0.6 is 0 Å². The average molecular weight is 244 g/mol. The van der Waals surface area contributed by atoms with Gasteiger partial charge in [-0.15, -0.1) is 0 Å². The topological polar surface area (TPSA) is 63.4 Å². The molecule has 94 valence electrons. The van der Waals surface area contributed by atoms with Crippen molar-refractivity contribution in [3.05, 3.63) is 46.5 Å². The molecule has 2 N–H and O–H groups in total. The normalized spacial score (nSPS) is 15.8. The third-order valence-corrected chi connectivity index (χ3v) is 3.29. The van der Waals surface area contributed by atoms with Crippen LogP contribution in [0.4, 0.5) is 0 Å². The molecular formula is C14H16N2O2. The molecule has 1 aliphatic rings. The molecule has 1 aromatic carbocycles. The Morgan fingerprint density at radius 3 is 1.83 bits per heavy atom. The van der Waals surface area contributed by atoms with Crippen LogP contribution in [-0.2, 0) is 22.7 Å². The lowest BCUT2D eigenvalue weighted by molar-refractivity contribution is -0.138. The van der Waals surface area contributed by atoms with Gasteiger partial charge in [-0.2, -0.15) is 0 Å². The predicted molar refractivity (Wildman–Crippen MR) is 68.3 cm³/mol. The first kappa shape index (κ1) is 12.5. The molecule has 0 aromatic heterocycles. The maximum absolute atomic E-state index is 11.9. The predicted octanol–water partition coefficient (Wildman–Crippen LogP) is 1.35. The van der Waals surface area contributed by atoms with Gasteiger partial charge >= 0.3 is 0 Å². The van der Waals surface area contributed by atoms with Crippen molar-refractivity contribution in [1.29, 1.82) is 0 Å². The van der Waals surface area contributed by atoms with E-state index < -0.39 is 0 Å². The fourth-order valence-corrected chi connectivity index (χ4v) is 1.92. The number of nitrogens with zero attached hydrogens (tertiary/aromatic N) is 1. The zero-order valence-electron chi connectivity index (χ0n) is 10.6. The Labute approximate surface area is 106 Å². The van der Waals surface area contributed by atoms with Gasteiger partial charge in [0.1, 0.15) is 0 Å². The van der Waals surface area contributed by atoms with Gasteiger partial charge in [-0.25, -0.2) is 0 Å². The first-order valence-corrected chi connectivity index (χ1v) is 5.86. The highest BCUT2D eigenvalue weighted by Gasteiger charge is 2.32. The number of nitrogens with two attached hydrogens (primary N) is 1. The molecule has 4 nitrogen and oxygen atoms in total. The summed E-state index contributed by atoms with van der Waals surface area (Å²) >= 11 is 0.